The third-order valence-corrected chi connectivity index (χ3v) is 4.91. The van der Waals surface area contributed by atoms with Crippen molar-refractivity contribution in [3.8, 4) is 0 Å². The topological polar surface area (TPSA) is 65.5 Å². The first-order chi connectivity index (χ1) is 12.2. The molecule has 1 aliphatic carbocycles. The van der Waals surface area contributed by atoms with Crippen molar-refractivity contribution in [3.05, 3.63) is 35.4 Å². The number of hydrogen-bond acceptors (Lipinski definition) is 2. The first-order valence-corrected chi connectivity index (χ1v) is 9.48. The third kappa shape index (κ3) is 7.93. The highest BCUT2D eigenvalue weighted by Gasteiger charge is 2.12. The number of halogens is 1. The van der Waals surface area contributed by atoms with E-state index in [-0.39, 0.29) is 29.9 Å². The molecule has 0 atom stereocenters. The number of benzene rings is 1. The van der Waals surface area contributed by atoms with Gasteiger partial charge in [0.1, 0.15) is 0 Å². The normalized spacial score (nSPS) is 15.1. The molecule has 0 spiro atoms. The van der Waals surface area contributed by atoms with Crippen LogP contribution in [-0.2, 0) is 6.54 Å². The highest BCUT2D eigenvalue weighted by atomic mass is 127. The maximum Gasteiger partial charge on any atom is 0.251 e. The van der Waals surface area contributed by atoms with Crippen LogP contribution in [0.25, 0.3) is 0 Å². The summed E-state index contributed by atoms with van der Waals surface area (Å²) in [5.41, 5.74) is 1.74. The van der Waals surface area contributed by atoms with E-state index in [9.17, 15) is 4.79 Å². The molecular formula is C20H33IN4O. The number of carbonyl (C=O) groups excluding carboxylic acids is 1. The second kappa shape index (κ2) is 12.9. The minimum Gasteiger partial charge on any atom is -0.356 e. The quantitative estimate of drug-likeness (QED) is 0.246. The molecule has 26 heavy (non-hydrogen) atoms. The van der Waals surface area contributed by atoms with E-state index < -0.39 is 0 Å². The molecule has 2 rings (SSSR count). The number of amides is 1. The van der Waals surface area contributed by atoms with Crippen LogP contribution in [0.1, 0.15) is 60.9 Å². The number of hydrogen-bond donors (Lipinski definition) is 3. The molecule has 1 saturated carbocycles. The molecular weight excluding hydrogens is 439 g/mol. The number of carbonyl (C=O) groups is 1. The fourth-order valence-corrected chi connectivity index (χ4v) is 3.45. The summed E-state index contributed by atoms with van der Waals surface area (Å²) in [6.07, 6.45) is 9.58. The lowest BCUT2D eigenvalue weighted by Gasteiger charge is -2.21. The van der Waals surface area contributed by atoms with E-state index in [2.05, 4.69) is 20.9 Å². The van der Waals surface area contributed by atoms with Crippen LogP contribution in [0.3, 0.4) is 0 Å². The predicted octanol–water partition coefficient (Wildman–Crippen LogP) is 3.69. The van der Waals surface area contributed by atoms with E-state index in [1.165, 1.54) is 44.9 Å². The van der Waals surface area contributed by atoms with Crippen molar-refractivity contribution in [3.63, 3.8) is 0 Å². The summed E-state index contributed by atoms with van der Waals surface area (Å²) < 4.78 is 0. The van der Waals surface area contributed by atoms with Crippen LogP contribution < -0.4 is 16.0 Å². The molecule has 0 heterocycles. The van der Waals surface area contributed by atoms with Crippen LogP contribution in [-0.4, -0.2) is 32.5 Å². The number of aliphatic imine (C=N–C) groups is 1. The Morgan fingerprint density at radius 3 is 2.65 bits per heavy atom. The van der Waals surface area contributed by atoms with E-state index in [1.807, 2.05) is 24.3 Å². The van der Waals surface area contributed by atoms with Gasteiger partial charge in [-0.1, -0.05) is 44.2 Å². The van der Waals surface area contributed by atoms with Crippen molar-refractivity contribution in [2.75, 3.05) is 20.6 Å². The molecule has 0 aromatic heterocycles. The van der Waals surface area contributed by atoms with Crippen molar-refractivity contribution < 1.29 is 4.79 Å². The summed E-state index contributed by atoms with van der Waals surface area (Å²) in [6, 6.07) is 7.64. The second-order valence-electron chi connectivity index (χ2n) is 6.78. The minimum atomic E-state index is -0.0629. The van der Waals surface area contributed by atoms with Crippen LogP contribution in [0.4, 0.5) is 0 Å². The predicted molar refractivity (Wildman–Crippen MR) is 119 cm³/mol. The molecule has 1 aromatic carbocycles. The Labute approximate surface area is 174 Å². The number of guanidine groups is 1. The van der Waals surface area contributed by atoms with Gasteiger partial charge >= 0.3 is 0 Å². The molecule has 3 N–H and O–H groups in total. The first kappa shape index (κ1) is 22.7. The second-order valence-corrected chi connectivity index (χ2v) is 6.78. The number of nitrogens with zero attached hydrogens (tertiary/aromatic N) is 1. The van der Waals surface area contributed by atoms with Gasteiger partial charge in [-0.3, -0.25) is 9.79 Å². The van der Waals surface area contributed by atoms with Gasteiger partial charge in [-0.05, 0) is 36.5 Å². The first-order valence-electron chi connectivity index (χ1n) is 9.48. The zero-order valence-corrected chi connectivity index (χ0v) is 18.3. The van der Waals surface area contributed by atoms with Crippen molar-refractivity contribution >= 4 is 35.8 Å². The number of rotatable bonds is 7. The largest absolute Gasteiger partial charge is 0.356 e. The van der Waals surface area contributed by atoms with Gasteiger partial charge in [-0.15, -0.1) is 24.0 Å². The van der Waals surface area contributed by atoms with Crippen molar-refractivity contribution in [1.82, 2.24) is 16.0 Å². The van der Waals surface area contributed by atoms with E-state index in [1.54, 1.807) is 14.1 Å². The average Bonchev–Trinajstić information content (AvgIpc) is 2.67. The number of nitrogens with one attached hydrogen (secondary N) is 3. The van der Waals surface area contributed by atoms with Gasteiger partial charge in [0.25, 0.3) is 5.91 Å². The van der Waals surface area contributed by atoms with Gasteiger partial charge in [0.05, 0.1) is 0 Å². The fourth-order valence-electron chi connectivity index (χ4n) is 3.45. The summed E-state index contributed by atoms with van der Waals surface area (Å²) in [5, 5.41) is 9.35. The summed E-state index contributed by atoms with van der Waals surface area (Å²) in [5.74, 6) is 1.68. The molecule has 0 saturated heterocycles. The smallest absolute Gasteiger partial charge is 0.251 e. The maximum absolute atomic E-state index is 11.7. The standard InChI is InChI=1S/C20H32N4O.HI/c1-21-19(25)18-12-6-10-17(14-18)15-24-20(22-2)23-13-7-11-16-8-4-3-5-9-16;/h6,10,12,14,16H,3-5,7-9,11,13,15H2,1-2H3,(H,21,25)(H2,22,23,24);1H. The van der Waals surface area contributed by atoms with Crippen molar-refractivity contribution in [2.45, 2.75) is 51.5 Å². The Balaban J connectivity index is 0.00000338. The Morgan fingerprint density at radius 1 is 1.19 bits per heavy atom. The molecule has 1 aromatic rings. The van der Waals surface area contributed by atoms with E-state index in [4.69, 9.17) is 0 Å². The maximum atomic E-state index is 11.7. The molecule has 5 nitrogen and oxygen atoms in total. The Bertz CT molecular complexity index is 571. The average molecular weight is 472 g/mol. The lowest BCUT2D eigenvalue weighted by Crippen LogP contribution is -2.37. The van der Waals surface area contributed by atoms with Crippen LogP contribution in [0.5, 0.6) is 0 Å². The Morgan fingerprint density at radius 2 is 1.96 bits per heavy atom. The van der Waals surface area contributed by atoms with Gasteiger partial charge in [-0.2, -0.15) is 0 Å². The third-order valence-electron chi connectivity index (χ3n) is 4.91. The Kier molecular flexibility index (Phi) is 11.3. The molecule has 0 bridgehead atoms. The van der Waals surface area contributed by atoms with Crippen LogP contribution >= 0.6 is 24.0 Å². The van der Waals surface area contributed by atoms with Crippen molar-refractivity contribution in [1.29, 1.82) is 0 Å². The summed E-state index contributed by atoms with van der Waals surface area (Å²) >= 11 is 0. The molecule has 1 amide bonds. The highest BCUT2D eigenvalue weighted by Crippen LogP contribution is 2.26. The van der Waals surface area contributed by atoms with E-state index in [0.717, 1.165) is 24.0 Å². The van der Waals surface area contributed by atoms with E-state index >= 15 is 0 Å². The molecule has 0 radical (unpaired) electrons. The zero-order chi connectivity index (χ0) is 17.9. The van der Waals surface area contributed by atoms with Crippen LogP contribution in [0, 0.1) is 5.92 Å². The van der Waals surface area contributed by atoms with Gasteiger partial charge in [0.2, 0.25) is 0 Å². The lowest BCUT2D eigenvalue weighted by atomic mass is 9.86. The lowest BCUT2D eigenvalue weighted by molar-refractivity contribution is 0.0963. The molecule has 1 fully saturated rings. The minimum absolute atomic E-state index is 0. The van der Waals surface area contributed by atoms with Crippen LogP contribution in [0.2, 0.25) is 0 Å². The summed E-state index contributed by atoms with van der Waals surface area (Å²) in [7, 11) is 3.43. The molecule has 1 aliphatic rings. The van der Waals surface area contributed by atoms with Gasteiger partial charge in [0.15, 0.2) is 5.96 Å². The zero-order valence-electron chi connectivity index (χ0n) is 16.0. The molecule has 6 heteroatoms. The molecule has 0 unspecified atom stereocenters. The molecule has 146 valence electrons. The van der Waals surface area contributed by atoms with Gasteiger partial charge in [0, 0.05) is 32.7 Å². The monoisotopic (exact) mass is 472 g/mol. The SMILES string of the molecule is CN=C(NCCCC1CCCCC1)NCc1cccc(C(=O)NC)c1.I. The van der Waals surface area contributed by atoms with Crippen molar-refractivity contribution in [2.24, 2.45) is 10.9 Å². The highest BCUT2D eigenvalue weighted by molar-refractivity contribution is 14.0. The fraction of sp³-hybridized carbons (Fsp3) is 0.600. The van der Waals surface area contributed by atoms with E-state index in [0.29, 0.717) is 12.1 Å². The Hall–Kier alpha value is -1.31. The summed E-state index contributed by atoms with van der Waals surface area (Å²) in [4.78, 5) is 16.0. The summed E-state index contributed by atoms with van der Waals surface area (Å²) in [6.45, 7) is 1.60. The van der Waals surface area contributed by atoms with Gasteiger partial charge < -0.3 is 16.0 Å². The molecule has 0 aliphatic heterocycles. The van der Waals surface area contributed by atoms with Crippen LogP contribution in [0.15, 0.2) is 29.3 Å². The van der Waals surface area contributed by atoms with Gasteiger partial charge in [-0.25, -0.2) is 0 Å².